The number of benzene rings is 2. The second-order valence-corrected chi connectivity index (χ2v) is 5.07. The molecule has 0 aromatic heterocycles. The molecule has 2 aromatic rings. The Bertz CT molecular complexity index is 658. The molecule has 0 aliphatic rings. The number of halogens is 3. The molecule has 0 saturated carbocycles. The van der Waals surface area contributed by atoms with Crippen LogP contribution in [0.4, 0.5) is 13.2 Å². The van der Waals surface area contributed by atoms with Crippen LogP contribution in [0.15, 0.2) is 54.6 Å². The summed E-state index contributed by atoms with van der Waals surface area (Å²) in [6.07, 6.45) is -4.76. The normalized spacial score (nSPS) is 11.2. The summed E-state index contributed by atoms with van der Waals surface area (Å²) < 4.78 is 40.3. The molecule has 2 aromatic carbocycles. The van der Waals surface area contributed by atoms with Gasteiger partial charge in [-0.15, -0.1) is 13.2 Å². The van der Waals surface area contributed by atoms with Crippen molar-refractivity contribution in [1.29, 1.82) is 0 Å². The van der Waals surface area contributed by atoms with E-state index in [1.807, 2.05) is 30.3 Å². The minimum Gasteiger partial charge on any atom is -0.406 e. The average molecular weight is 338 g/mol. The van der Waals surface area contributed by atoms with Crippen molar-refractivity contribution in [3.8, 4) is 5.75 Å². The number of nitrogens with zero attached hydrogens (tertiary/aromatic N) is 1. The first-order valence-corrected chi connectivity index (χ1v) is 7.28. The lowest BCUT2D eigenvalue weighted by atomic mass is 10.1. The van der Waals surface area contributed by atoms with E-state index in [4.69, 9.17) is 5.73 Å². The molecule has 0 unspecified atom stereocenters. The number of carbonyl (C=O) groups excluding carboxylic acids is 1. The molecule has 0 heterocycles. The van der Waals surface area contributed by atoms with Crippen molar-refractivity contribution in [2.45, 2.75) is 12.9 Å². The van der Waals surface area contributed by atoms with E-state index >= 15 is 0 Å². The average Bonchev–Trinajstić information content (AvgIpc) is 2.54. The lowest BCUT2D eigenvalue weighted by Crippen LogP contribution is -2.34. The molecular formula is C17H17F3N2O2. The molecule has 24 heavy (non-hydrogen) atoms. The summed E-state index contributed by atoms with van der Waals surface area (Å²) in [7, 11) is 0. The van der Waals surface area contributed by atoms with E-state index in [2.05, 4.69) is 4.74 Å². The fourth-order valence-corrected chi connectivity index (χ4v) is 2.19. The third-order valence-corrected chi connectivity index (χ3v) is 3.24. The Hall–Kier alpha value is -2.54. The molecule has 4 nitrogen and oxygen atoms in total. The number of rotatable bonds is 6. The van der Waals surface area contributed by atoms with E-state index in [1.165, 1.54) is 12.1 Å². The molecule has 2 rings (SSSR count). The fourth-order valence-electron chi connectivity index (χ4n) is 2.19. The molecule has 0 bridgehead atoms. The summed E-state index contributed by atoms with van der Waals surface area (Å²) in [4.78, 5) is 14.1. The maximum atomic E-state index is 12.5. The lowest BCUT2D eigenvalue weighted by Gasteiger charge is -2.22. The Morgan fingerprint density at radius 2 is 1.67 bits per heavy atom. The standard InChI is InChI=1S/C17H17F3N2O2/c18-17(19,20)24-15-8-6-14(7-9-15)16(23)22(11-10-21)12-13-4-2-1-3-5-13/h1-9H,10-12,21H2. The van der Waals surface area contributed by atoms with Crippen molar-refractivity contribution in [1.82, 2.24) is 4.90 Å². The van der Waals surface area contributed by atoms with Crippen molar-refractivity contribution < 1.29 is 22.7 Å². The SMILES string of the molecule is NCCN(Cc1ccccc1)C(=O)c1ccc(OC(F)(F)F)cc1. The number of nitrogens with two attached hydrogens (primary N) is 1. The monoisotopic (exact) mass is 338 g/mol. The van der Waals surface area contributed by atoms with Gasteiger partial charge in [0.15, 0.2) is 0 Å². The van der Waals surface area contributed by atoms with Crippen LogP contribution in [-0.4, -0.2) is 30.3 Å². The Labute approximate surface area is 137 Å². The molecule has 7 heteroatoms. The minimum atomic E-state index is -4.76. The molecule has 128 valence electrons. The Morgan fingerprint density at radius 1 is 1.04 bits per heavy atom. The molecule has 1 amide bonds. The third kappa shape index (κ3) is 5.27. The molecule has 0 saturated heterocycles. The maximum absolute atomic E-state index is 12.5. The highest BCUT2D eigenvalue weighted by molar-refractivity contribution is 5.94. The van der Waals surface area contributed by atoms with Crippen molar-refractivity contribution in [2.75, 3.05) is 13.1 Å². The predicted molar refractivity (Wildman–Crippen MR) is 83.4 cm³/mol. The van der Waals surface area contributed by atoms with Crippen LogP contribution in [0.25, 0.3) is 0 Å². The summed E-state index contributed by atoms with van der Waals surface area (Å²) in [5.41, 5.74) is 6.77. The van der Waals surface area contributed by atoms with Gasteiger partial charge in [0.05, 0.1) is 0 Å². The number of ether oxygens (including phenoxy) is 1. The molecule has 2 N–H and O–H groups in total. The van der Waals surface area contributed by atoms with Gasteiger partial charge in [0, 0.05) is 25.2 Å². The largest absolute Gasteiger partial charge is 0.573 e. The van der Waals surface area contributed by atoms with Crippen LogP contribution in [-0.2, 0) is 6.54 Å². The third-order valence-electron chi connectivity index (χ3n) is 3.24. The molecule has 0 aliphatic carbocycles. The zero-order chi connectivity index (χ0) is 17.6. The van der Waals surface area contributed by atoms with E-state index < -0.39 is 6.36 Å². The van der Waals surface area contributed by atoms with E-state index in [9.17, 15) is 18.0 Å². The highest BCUT2D eigenvalue weighted by Crippen LogP contribution is 2.23. The van der Waals surface area contributed by atoms with Gasteiger partial charge in [-0.1, -0.05) is 30.3 Å². The summed E-state index contributed by atoms with van der Waals surface area (Å²) in [6.45, 7) is 1.00. The van der Waals surface area contributed by atoms with Gasteiger partial charge in [0.25, 0.3) is 5.91 Å². The minimum absolute atomic E-state index is 0.272. The number of amides is 1. The highest BCUT2D eigenvalue weighted by Gasteiger charge is 2.31. The van der Waals surface area contributed by atoms with Crippen molar-refractivity contribution >= 4 is 5.91 Å². The number of hydrogen-bond acceptors (Lipinski definition) is 3. The van der Waals surface area contributed by atoms with Gasteiger partial charge < -0.3 is 15.4 Å². The van der Waals surface area contributed by atoms with Gasteiger partial charge in [-0.2, -0.15) is 0 Å². The molecule has 0 atom stereocenters. The van der Waals surface area contributed by atoms with Crippen LogP contribution in [0.5, 0.6) is 5.75 Å². The van der Waals surface area contributed by atoms with E-state index in [0.717, 1.165) is 17.7 Å². The Morgan fingerprint density at radius 3 is 2.21 bits per heavy atom. The van der Waals surface area contributed by atoms with Gasteiger partial charge in [0.2, 0.25) is 0 Å². The van der Waals surface area contributed by atoms with Crippen LogP contribution in [0.2, 0.25) is 0 Å². The smallest absolute Gasteiger partial charge is 0.406 e. The van der Waals surface area contributed by atoms with E-state index in [1.54, 1.807) is 4.90 Å². The lowest BCUT2D eigenvalue weighted by molar-refractivity contribution is -0.274. The fraction of sp³-hybridized carbons (Fsp3) is 0.235. The number of hydrogen-bond donors (Lipinski definition) is 1. The summed E-state index contributed by atoms with van der Waals surface area (Å²) in [6, 6.07) is 14.2. The molecule has 0 radical (unpaired) electrons. The summed E-state index contributed by atoms with van der Waals surface area (Å²) >= 11 is 0. The predicted octanol–water partition coefficient (Wildman–Crippen LogP) is 3.19. The van der Waals surface area contributed by atoms with Crippen molar-refractivity contribution in [2.24, 2.45) is 5.73 Å². The molecule has 0 fully saturated rings. The van der Waals surface area contributed by atoms with E-state index in [0.29, 0.717) is 13.1 Å². The van der Waals surface area contributed by atoms with Crippen LogP contribution in [0.3, 0.4) is 0 Å². The molecule has 0 spiro atoms. The second kappa shape index (κ2) is 7.83. The van der Waals surface area contributed by atoms with Crippen molar-refractivity contribution in [3.05, 3.63) is 65.7 Å². The van der Waals surface area contributed by atoms with Gasteiger partial charge >= 0.3 is 6.36 Å². The van der Waals surface area contributed by atoms with Gasteiger partial charge in [-0.25, -0.2) is 0 Å². The topological polar surface area (TPSA) is 55.6 Å². The van der Waals surface area contributed by atoms with Gasteiger partial charge in [-0.3, -0.25) is 4.79 Å². The summed E-state index contributed by atoms with van der Waals surface area (Å²) in [5, 5.41) is 0. The van der Waals surface area contributed by atoms with Crippen LogP contribution in [0, 0.1) is 0 Å². The van der Waals surface area contributed by atoms with Gasteiger partial charge in [-0.05, 0) is 29.8 Å². The van der Waals surface area contributed by atoms with E-state index in [-0.39, 0.29) is 23.8 Å². The van der Waals surface area contributed by atoms with Crippen LogP contribution >= 0.6 is 0 Å². The first-order valence-electron chi connectivity index (χ1n) is 7.28. The first-order chi connectivity index (χ1) is 11.4. The Kier molecular flexibility index (Phi) is 5.81. The molecular weight excluding hydrogens is 321 g/mol. The number of carbonyl (C=O) groups is 1. The first kappa shape index (κ1) is 17.8. The summed E-state index contributed by atoms with van der Waals surface area (Å²) in [5.74, 6) is -0.671. The molecule has 0 aliphatic heterocycles. The van der Waals surface area contributed by atoms with Crippen molar-refractivity contribution in [3.63, 3.8) is 0 Å². The quantitative estimate of drug-likeness (QED) is 0.880. The zero-order valence-corrected chi connectivity index (χ0v) is 12.8. The maximum Gasteiger partial charge on any atom is 0.573 e. The highest BCUT2D eigenvalue weighted by atomic mass is 19.4. The van der Waals surface area contributed by atoms with Crippen LogP contribution < -0.4 is 10.5 Å². The Balaban J connectivity index is 2.11. The van der Waals surface area contributed by atoms with Crippen LogP contribution in [0.1, 0.15) is 15.9 Å². The second-order valence-electron chi connectivity index (χ2n) is 5.07. The number of alkyl halides is 3. The van der Waals surface area contributed by atoms with Gasteiger partial charge in [0.1, 0.15) is 5.75 Å². The zero-order valence-electron chi connectivity index (χ0n) is 12.8.